The van der Waals surface area contributed by atoms with Crippen LogP contribution in [0.1, 0.15) is 25.6 Å². The SMILES string of the molecule is CC(=O)O[C@@H]1[C@H]2Oc3cc(=O)n(Cc4ccccc4)c(=O)n3[C@@H]1O[C@@H]2C. The summed E-state index contributed by atoms with van der Waals surface area (Å²) < 4.78 is 19.2. The largest absolute Gasteiger partial charge is 0.468 e. The number of carbonyl (C=O) groups is 1. The van der Waals surface area contributed by atoms with Gasteiger partial charge in [-0.05, 0) is 12.5 Å². The van der Waals surface area contributed by atoms with Crippen molar-refractivity contribution in [2.75, 3.05) is 0 Å². The van der Waals surface area contributed by atoms with Crippen LogP contribution in [0.5, 0.6) is 5.88 Å². The van der Waals surface area contributed by atoms with Crippen molar-refractivity contribution < 1.29 is 19.0 Å². The Morgan fingerprint density at radius 3 is 2.65 bits per heavy atom. The number of hydrogen-bond acceptors (Lipinski definition) is 6. The van der Waals surface area contributed by atoms with Crippen molar-refractivity contribution in [2.24, 2.45) is 0 Å². The van der Waals surface area contributed by atoms with E-state index in [1.165, 1.54) is 17.6 Å². The average Bonchev–Trinajstić information content (AvgIpc) is 2.79. The molecule has 0 N–H and O–H groups in total. The van der Waals surface area contributed by atoms with Gasteiger partial charge in [-0.15, -0.1) is 0 Å². The number of esters is 1. The number of fused-ring (bicyclic) bond motifs is 4. The molecular formula is C18H18N2O6. The Morgan fingerprint density at radius 2 is 1.96 bits per heavy atom. The highest BCUT2D eigenvalue weighted by Crippen LogP contribution is 2.39. The van der Waals surface area contributed by atoms with Gasteiger partial charge in [-0.25, -0.2) is 9.36 Å². The monoisotopic (exact) mass is 358 g/mol. The molecule has 0 radical (unpaired) electrons. The molecule has 0 amide bonds. The molecule has 3 heterocycles. The van der Waals surface area contributed by atoms with Crippen molar-refractivity contribution in [3.8, 4) is 5.88 Å². The van der Waals surface area contributed by atoms with E-state index in [2.05, 4.69) is 0 Å². The molecule has 0 aliphatic carbocycles. The molecule has 0 spiro atoms. The Hall–Kier alpha value is -2.87. The first kappa shape index (κ1) is 16.6. The average molecular weight is 358 g/mol. The molecule has 8 heteroatoms. The Bertz CT molecular complexity index is 964. The Balaban J connectivity index is 1.80. The minimum absolute atomic E-state index is 0.128. The molecule has 2 aromatic rings. The fourth-order valence-electron chi connectivity index (χ4n) is 3.44. The van der Waals surface area contributed by atoms with E-state index in [0.29, 0.717) is 0 Å². The number of hydrogen-bond donors (Lipinski definition) is 0. The van der Waals surface area contributed by atoms with Crippen LogP contribution in [0.25, 0.3) is 0 Å². The van der Waals surface area contributed by atoms with E-state index in [0.717, 1.165) is 10.1 Å². The van der Waals surface area contributed by atoms with E-state index >= 15 is 0 Å². The molecule has 1 aromatic carbocycles. The summed E-state index contributed by atoms with van der Waals surface area (Å²) in [5.74, 6) is -0.354. The van der Waals surface area contributed by atoms with Crippen LogP contribution in [0.3, 0.4) is 0 Å². The third kappa shape index (κ3) is 2.62. The highest BCUT2D eigenvalue weighted by atomic mass is 16.6. The summed E-state index contributed by atoms with van der Waals surface area (Å²) in [6.45, 7) is 3.19. The number of aromatic nitrogens is 2. The van der Waals surface area contributed by atoms with Crippen LogP contribution in [0, 0.1) is 0 Å². The van der Waals surface area contributed by atoms with Crippen LogP contribution < -0.4 is 16.0 Å². The highest BCUT2D eigenvalue weighted by molar-refractivity contribution is 5.66. The molecular weight excluding hydrogens is 340 g/mol. The van der Waals surface area contributed by atoms with Gasteiger partial charge in [-0.1, -0.05) is 30.3 Å². The van der Waals surface area contributed by atoms with Crippen molar-refractivity contribution in [3.63, 3.8) is 0 Å². The molecule has 8 nitrogen and oxygen atoms in total. The van der Waals surface area contributed by atoms with Crippen molar-refractivity contribution in [2.45, 2.75) is 44.9 Å². The van der Waals surface area contributed by atoms with Gasteiger partial charge < -0.3 is 14.2 Å². The van der Waals surface area contributed by atoms with Crippen molar-refractivity contribution in [1.29, 1.82) is 0 Å². The van der Waals surface area contributed by atoms with E-state index in [1.54, 1.807) is 6.92 Å². The minimum atomic E-state index is -0.822. The second-order valence-corrected chi connectivity index (χ2v) is 6.43. The fourth-order valence-corrected chi connectivity index (χ4v) is 3.44. The number of carbonyl (C=O) groups excluding carboxylic acids is 1. The maximum atomic E-state index is 13.0. The minimum Gasteiger partial charge on any atom is -0.468 e. The molecule has 26 heavy (non-hydrogen) atoms. The molecule has 2 bridgehead atoms. The maximum absolute atomic E-state index is 13.0. The summed E-state index contributed by atoms with van der Waals surface area (Å²) >= 11 is 0. The molecule has 4 rings (SSSR count). The molecule has 1 saturated heterocycles. The molecule has 136 valence electrons. The van der Waals surface area contributed by atoms with Crippen molar-refractivity contribution >= 4 is 5.97 Å². The van der Waals surface area contributed by atoms with Crippen LogP contribution in [-0.2, 0) is 20.8 Å². The van der Waals surface area contributed by atoms with Gasteiger partial charge in [0, 0.05) is 6.92 Å². The summed E-state index contributed by atoms with van der Waals surface area (Å²) in [6, 6.07) is 10.5. The number of benzene rings is 1. The van der Waals surface area contributed by atoms with E-state index in [4.69, 9.17) is 14.2 Å². The van der Waals surface area contributed by atoms with Gasteiger partial charge in [0.25, 0.3) is 5.56 Å². The lowest BCUT2D eigenvalue weighted by molar-refractivity contribution is -0.158. The van der Waals surface area contributed by atoms with Crippen LogP contribution in [0.4, 0.5) is 0 Å². The first-order valence-electron chi connectivity index (χ1n) is 8.35. The summed E-state index contributed by atoms with van der Waals surface area (Å²) in [5.41, 5.74) is -0.201. The highest BCUT2D eigenvalue weighted by Gasteiger charge is 2.52. The standard InChI is InChI=1S/C18H18N2O6/c1-10-15-16(25-11(2)21)17(24-10)20-14(26-15)8-13(22)19(18(20)23)9-12-6-4-3-5-7-12/h3-8,10,15-17H,9H2,1-2H3/t10-,15+,16-,17-/m1/s1. The summed E-state index contributed by atoms with van der Waals surface area (Å²) in [7, 11) is 0. The van der Waals surface area contributed by atoms with Gasteiger partial charge in [0.1, 0.15) is 0 Å². The molecule has 0 saturated carbocycles. The second kappa shape index (κ2) is 6.14. The smallest absolute Gasteiger partial charge is 0.336 e. The molecule has 1 fully saturated rings. The normalized spacial score (nSPS) is 26.1. The molecule has 1 aromatic heterocycles. The van der Waals surface area contributed by atoms with Gasteiger partial charge in [-0.2, -0.15) is 0 Å². The molecule has 2 aliphatic heterocycles. The van der Waals surface area contributed by atoms with Crippen LogP contribution in [0.15, 0.2) is 46.0 Å². The Morgan fingerprint density at radius 1 is 1.23 bits per heavy atom. The molecule has 0 unspecified atom stereocenters. The summed E-state index contributed by atoms with van der Waals surface area (Å²) in [4.78, 5) is 36.8. The lowest BCUT2D eigenvalue weighted by Gasteiger charge is -2.31. The van der Waals surface area contributed by atoms with Crippen LogP contribution >= 0.6 is 0 Å². The zero-order valence-electron chi connectivity index (χ0n) is 14.3. The fraction of sp³-hybridized carbons (Fsp3) is 0.389. The van der Waals surface area contributed by atoms with Gasteiger partial charge >= 0.3 is 11.7 Å². The lowest BCUT2D eigenvalue weighted by Crippen LogP contribution is -2.50. The zero-order valence-corrected chi connectivity index (χ0v) is 14.3. The van der Waals surface area contributed by atoms with Crippen LogP contribution in [0.2, 0.25) is 0 Å². The van der Waals surface area contributed by atoms with E-state index in [-0.39, 0.29) is 18.5 Å². The van der Waals surface area contributed by atoms with E-state index in [1.807, 2.05) is 30.3 Å². The zero-order chi connectivity index (χ0) is 18.4. The molecule has 2 aliphatic rings. The third-order valence-electron chi connectivity index (χ3n) is 4.61. The van der Waals surface area contributed by atoms with Gasteiger partial charge in [0.2, 0.25) is 5.88 Å². The lowest BCUT2D eigenvalue weighted by atomic mass is 10.1. The van der Waals surface area contributed by atoms with E-state index < -0.39 is 35.7 Å². The number of rotatable bonds is 3. The number of ether oxygens (including phenoxy) is 3. The Kier molecular flexibility index (Phi) is 3.91. The quantitative estimate of drug-likeness (QED) is 0.750. The first-order valence-corrected chi connectivity index (χ1v) is 8.35. The topological polar surface area (TPSA) is 88.8 Å². The third-order valence-corrected chi connectivity index (χ3v) is 4.61. The van der Waals surface area contributed by atoms with Crippen LogP contribution in [-0.4, -0.2) is 33.4 Å². The summed E-state index contributed by atoms with van der Waals surface area (Å²) in [5, 5.41) is 0. The van der Waals surface area contributed by atoms with Gasteiger partial charge in [-0.3, -0.25) is 14.2 Å². The number of nitrogens with zero attached hydrogens (tertiary/aromatic N) is 2. The van der Waals surface area contributed by atoms with Crippen molar-refractivity contribution in [1.82, 2.24) is 9.13 Å². The second-order valence-electron chi connectivity index (χ2n) is 6.43. The van der Waals surface area contributed by atoms with Crippen molar-refractivity contribution in [3.05, 3.63) is 62.8 Å². The van der Waals surface area contributed by atoms with E-state index in [9.17, 15) is 14.4 Å². The van der Waals surface area contributed by atoms with Gasteiger partial charge in [0.05, 0.1) is 18.7 Å². The predicted molar refractivity (Wildman–Crippen MR) is 90.1 cm³/mol. The maximum Gasteiger partial charge on any atom is 0.336 e. The summed E-state index contributed by atoms with van der Waals surface area (Å²) in [6.07, 6.45) is -2.51. The molecule has 4 atom stereocenters. The Labute approximate surface area is 148 Å². The first-order chi connectivity index (χ1) is 12.5. The predicted octanol–water partition coefficient (Wildman–Crippen LogP) is 0.668. The van der Waals surface area contributed by atoms with Gasteiger partial charge in [0.15, 0.2) is 18.4 Å².